The number of carboxylic acid groups (broad SMARTS) is 1. The molecule has 36 heavy (non-hydrogen) atoms. The van der Waals surface area contributed by atoms with Crippen molar-refractivity contribution in [3.63, 3.8) is 0 Å². The molecule has 1 aliphatic heterocycles. The van der Waals surface area contributed by atoms with E-state index in [4.69, 9.17) is 21.5 Å². The molecule has 0 bridgehead atoms. The molecule has 3 N–H and O–H groups in total. The predicted molar refractivity (Wildman–Crippen MR) is 126 cm³/mol. The van der Waals surface area contributed by atoms with Gasteiger partial charge in [-0.3, -0.25) is 20.0 Å². The van der Waals surface area contributed by atoms with Crippen LogP contribution in [0.25, 0.3) is 22.0 Å². The van der Waals surface area contributed by atoms with Gasteiger partial charge in [-0.05, 0) is 56.7 Å². The van der Waals surface area contributed by atoms with E-state index < -0.39 is 17.1 Å². The number of nitrogens with zero attached hydrogens (tertiary/aromatic N) is 3. The van der Waals surface area contributed by atoms with Crippen LogP contribution < -0.4 is 5.32 Å². The van der Waals surface area contributed by atoms with Gasteiger partial charge in [0, 0.05) is 34.0 Å². The van der Waals surface area contributed by atoms with Crippen molar-refractivity contribution in [2.45, 2.75) is 19.0 Å². The first-order chi connectivity index (χ1) is 16.9. The van der Waals surface area contributed by atoms with Gasteiger partial charge in [-0.1, -0.05) is 17.7 Å². The number of H-pyrrole nitrogens is 1. The number of carbonyl (C=O) groups is 2. The lowest BCUT2D eigenvalue weighted by Gasteiger charge is -2.27. The van der Waals surface area contributed by atoms with E-state index in [-0.39, 0.29) is 17.5 Å². The number of carboxylic acids is 1. The molecule has 0 spiro atoms. The Balaban J connectivity index is 0.000000454. The highest BCUT2D eigenvalue weighted by Gasteiger charge is 2.38. The average Bonchev–Trinajstić information content (AvgIpc) is 3.21. The summed E-state index contributed by atoms with van der Waals surface area (Å²) < 4.78 is 31.7. The second kappa shape index (κ2) is 10.9. The normalized spacial score (nSPS) is 14.7. The number of aromatic nitrogens is 2. The second-order valence-corrected chi connectivity index (χ2v) is 8.53. The molecule has 1 aromatic heterocycles. The number of rotatable bonds is 4. The fourth-order valence-corrected chi connectivity index (χ4v) is 3.84. The van der Waals surface area contributed by atoms with Crippen LogP contribution in [-0.2, 0) is 9.59 Å². The van der Waals surface area contributed by atoms with Crippen LogP contribution in [0.15, 0.2) is 36.4 Å². The number of nitro benzene ring substituents is 1. The molecule has 3 aromatic rings. The van der Waals surface area contributed by atoms with Crippen LogP contribution in [0.5, 0.6) is 0 Å². The number of aromatic amines is 1. The summed E-state index contributed by atoms with van der Waals surface area (Å²) in [5.41, 5.74) is 1.99. The third kappa shape index (κ3) is 6.49. The fourth-order valence-electron chi connectivity index (χ4n) is 3.61. The number of likely N-dealkylation sites (tertiary alicyclic amines) is 1. The number of hydrogen-bond acceptors (Lipinski definition) is 6. The number of hydrogen-bond donors (Lipinski definition) is 3. The summed E-state index contributed by atoms with van der Waals surface area (Å²) in [5, 5.41) is 29.5. The number of aliphatic carboxylic acids is 1. The molecule has 2 heterocycles. The molecule has 0 unspecified atom stereocenters. The van der Waals surface area contributed by atoms with Crippen molar-refractivity contribution in [2.75, 3.05) is 25.5 Å². The lowest BCUT2D eigenvalue weighted by atomic mass is 9.96. The zero-order valence-electron chi connectivity index (χ0n) is 18.8. The molecule has 1 amide bonds. The lowest BCUT2D eigenvalue weighted by Crippen LogP contribution is -2.36. The monoisotopic (exact) mass is 527 g/mol. The number of nitro groups is 1. The quantitative estimate of drug-likeness (QED) is 0.329. The molecule has 0 aliphatic carbocycles. The van der Waals surface area contributed by atoms with Crippen LogP contribution in [-0.4, -0.2) is 63.3 Å². The van der Waals surface area contributed by atoms with Gasteiger partial charge in [0.25, 0.3) is 5.69 Å². The van der Waals surface area contributed by atoms with Crippen LogP contribution in [0.2, 0.25) is 5.02 Å². The minimum absolute atomic E-state index is 0.0347. The molecule has 0 saturated carbocycles. The van der Waals surface area contributed by atoms with Crippen LogP contribution in [0.4, 0.5) is 24.7 Å². The number of benzene rings is 2. The molecule has 2 aromatic carbocycles. The van der Waals surface area contributed by atoms with E-state index in [0.717, 1.165) is 36.8 Å². The Labute approximate surface area is 207 Å². The number of non-ortho nitro benzene ring substituents is 1. The van der Waals surface area contributed by atoms with Crippen LogP contribution in [0.3, 0.4) is 0 Å². The van der Waals surface area contributed by atoms with E-state index in [1.165, 1.54) is 18.2 Å². The van der Waals surface area contributed by atoms with E-state index in [1.807, 2.05) is 18.2 Å². The summed E-state index contributed by atoms with van der Waals surface area (Å²) in [6, 6.07) is 9.79. The number of alkyl halides is 3. The molecular weight excluding hydrogens is 507 g/mol. The van der Waals surface area contributed by atoms with Gasteiger partial charge >= 0.3 is 12.1 Å². The van der Waals surface area contributed by atoms with Crippen molar-refractivity contribution < 1.29 is 32.8 Å². The molecule has 192 valence electrons. The largest absolute Gasteiger partial charge is 0.490 e. The Morgan fingerprint density at radius 2 is 1.86 bits per heavy atom. The Kier molecular flexibility index (Phi) is 8.15. The molecule has 10 nitrogen and oxygen atoms in total. The highest BCUT2D eigenvalue weighted by atomic mass is 35.5. The van der Waals surface area contributed by atoms with Crippen LogP contribution in [0.1, 0.15) is 12.8 Å². The van der Waals surface area contributed by atoms with Gasteiger partial charge in [0.2, 0.25) is 5.91 Å². The summed E-state index contributed by atoms with van der Waals surface area (Å²) in [6.07, 6.45) is -3.45. The summed E-state index contributed by atoms with van der Waals surface area (Å²) in [7, 11) is 2.05. The van der Waals surface area contributed by atoms with E-state index in [2.05, 4.69) is 27.5 Å². The highest BCUT2D eigenvalue weighted by molar-refractivity contribution is 6.33. The van der Waals surface area contributed by atoms with Gasteiger partial charge in [0.05, 0.1) is 10.4 Å². The molecule has 4 rings (SSSR count). The first-order valence-electron chi connectivity index (χ1n) is 10.6. The van der Waals surface area contributed by atoms with Crippen molar-refractivity contribution in [1.82, 2.24) is 15.1 Å². The SMILES string of the molecule is CN1CCC(C(=O)Nc2n[nH]c3ccc(-c4cc([N+](=O)[O-])ccc4Cl)cc23)CC1.O=C(O)C(F)(F)F. The van der Waals surface area contributed by atoms with Crippen molar-refractivity contribution in [3.8, 4) is 11.1 Å². The maximum Gasteiger partial charge on any atom is 0.490 e. The maximum atomic E-state index is 12.7. The van der Waals surface area contributed by atoms with Crippen LogP contribution in [0, 0.1) is 16.0 Å². The summed E-state index contributed by atoms with van der Waals surface area (Å²) in [5.74, 6) is -2.38. The number of fused-ring (bicyclic) bond motifs is 1. The number of piperidine rings is 1. The third-order valence-electron chi connectivity index (χ3n) is 5.61. The van der Waals surface area contributed by atoms with Gasteiger partial charge < -0.3 is 15.3 Å². The minimum Gasteiger partial charge on any atom is -0.475 e. The maximum absolute atomic E-state index is 12.7. The van der Waals surface area contributed by atoms with Gasteiger partial charge in [-0.15, -0.1) is 0 Å². The van der Waals surface area contributed by atoms with E-state index in [0.29, 0.717) is 22.0 Å². The van der Waals surface area contributed by atoms with E-state index in [9.17, 15) is 28.1 Å². The van der Waals surface area contributed by atoms with E-state index in [1.54, 1.807) is 0 Å². The Bertz CT molecular complexity index is 1290. The Morgan fingerprint density at radius 3 is 2.44 bits per heavy atom. The second-order valence-electron chi connectivity index (χ2n) is 8.12. The minimum atomic E-state index is -5.08. The molecule has 1 saturated heterocycles. The number of nitrogens with one attached hydrogen (secondary N) is 2. The molecule has 1 fully saturated rings. The Hall–Kier alpha value is -3.71. The number of halogens is 4. The van der Waals surface area contributed by atoms with Gasteiger partial charge in [-0.25, -0.2) is 4.79 Å². The zero-order valence-corrected chi connectivity index (χ0v) is 19.6. The third-order valence-corrected chi connectivity index (χ3v) is 5.94. The molecule has 0 radical (unpaired) electrons. The first kappa shape index (κ1) is 26.9. The molecule has 14 heteroatoms. The first-order valence-corrected chi connectivity index (χ1v) is 11.0. The van der Waals surface area contributed by atoms with Crippen molar-refractivity contribution in [3.05, 3.63) is 51.5 Å². The van der Waals surface area contributed by atoms with Gasteiger partial charge in [-0.2, -0.15) is 18.3 Å². The summed E-state index contributed by atoms with van der Waals surface area (Å²) in [6.45, 7) is 1.80. The highest BCUT2D eigenvalue weighted by Crippen LogP contribution is 2.34. The number of anilines is 1. The van der Waals surface area contributed by atoms with Gasteiger partial charge in [0.1, 0.15) is 0 Å². The van der Waals surface area contributed by atoms with Crippen molar-refractivity contribution >= 4 is 45.9 Å². The summed E-state index contributed by atoms with van der Waals surface area (Å²) >= 11 is 6.28. The summed E-state index contributed by atoms with van der Waals surface area (Å²) in [4.78, 5) is 34.4. The zero-order chi connectivity index (χ0) is 26.6. The lowest BCUT2D eigenvalue weighted by molar-refractivity contribution is -0.384. The number of amides is 1. The topological polar surface area (TPSA) is 141 Å². The molecule has 0 atom stereocenters. The van der Waals surface area contributed by atoms with E-state index >= 15 is 0 Å². The Morgan fingerprint density at radius 1 is 1.22 bits per heavy atom. The van der Waals surface area contributed by atoms with Crippen LogP contribution >= 0.6 is 11.6 Å². The average molecular weight is 528 g/mol. The smallest absolute Gasteiger partial charge is 0.475 e. The van der Waals surface area contributed by atoms with Crippen molar-refractivity contribution in [2.24, 2.45) is 5.92 Å². The number of carbonyl (C=O) groups excluding carboxylic acids is 1. The standard InChI is InChI=1S/C20H20ClN5O3.C2HF3O2/c1-25-8-6-12(7-9-25)20(27)22-19-16-10-13(2-5-18(16)23-24-19)15-11-14(26(28)29)3-4-17(15)21;3-2(4,5)1(6)7/h2-5,10-12H,6-9H2,1H3,(H2,22,23,24,27);(H,6,7). The molecular formula is C22H21ClF3N5O5. The predicted octanol–water partition coefficient (Wildman–Crippen LogP) is 4.71. The molecule has 1 aliphatic rings. The fraction of sp³-hybridized carbons (Fsp3) is 0.318. The van der Waals surface area contributed by atoms with Gasteiger partial charge in [0.15, 0.2) is 5.82 Å². The van der Waals surface area contributed by atoms with Crippen molar-refractivity contribution in [1.29, 1.82) is 0 Å².